The first kappa shape index (κ1) is 26.3. The highest BCUT2D eigenvalue weighted by atomic mass is 79.9. The van der Waals surface area contributed by atoms with E-state index in [1.807, 2.05) is 38.1 Å². The quantitative estimate of drug-likeness (QED) is 0.350. The van der Waals surface area contributed by atoms with Gasteiger partial charge in [0.15, 0.2) is 0 Å². The first-order valence-electron chi connectivity index (χ1n) is 10.4. The largest absolute Gasteiger partial charge is 0.388 e. The fourth-order valence-electron chi connectivity index (χ4n) is 2.72. The summed E-state index contributed by atoms with van der Waals surface area (Å²) in [5.74, 6) is 0.933. The molecule has 0 fully saturated rings. The topological polar surface area (TPSA) is 117 Å². The van der Waals surface area contributed by atoms with Crippen LogP contribution in [0.15, 0.2) is 72.8 Å². The molecule has 0 aliphatic heterocycles. The number of nitrogens with zero attached hydrogens (tertiary/aromatic N) is 3. The smallest absolute Gasteiger partial charge is 0.288 e. The SMILES string of the molecule is Cc1ccc(S(=O)(=O)N=[S@@](C)c2ccc(Nc3ncc(Br)c(N[C@H](C)C(C)(C)O)n3)cc2)cc1. The lowest BCUT2D eigenvalue weighted by Gasteiger charge is -2.27. The lowest BCUT2D eigenvalue weighted by molar-refractivity contribution is 0.0647. The number of rotatable bonds is 8. The molecule has 182 valence electrons. The number of sulfonamides is 1. The Labute approximate surface area is 211 Å². The van der Waals surface area contributed by atoms with E-state index in [1.54, 1.807) is 50.6 Å². The highest BCUT2D eigenvalue weighted by Gasteiger charge is 2.23. The molecule has 2 aromatic carbocycles. The molecule has 0 aliphatic rings. The van der Waals surface area contributed by atoms with Gasteiger partial charge in [-0.15, -0.1) is 3.77 Å². The van der Waals surface area contributed by atoms with Crippen molar-refractivity contribution in [1.29, 1.82) is 0 Å². The van der Waals surface area contributed by atoms with Gasteiger partial charge in [-0.25, -0.2) is 4.98 Å². The second kappa shape index (κ2) is 10.5. The molecule has 8 nitrogen and oxygen atoms in total. The molecule has 1 heterocycles. The van der Waals surface area contributed by atoms with Gasteiger partial charge >= 0.3 is 0 Å². The molecule has 1 aromatic heterocycles. The number of aliphatic hydroxyl groups is 1. The third kappa shape index (κ3) is 6.84. The zero-order chi connectivity index (χ0) is 25.1. The Bertz CT molecular complexity index is 1290. The van der Waals surface area contributed by atoms with Crippen LogP contribution >= 0.6 is 15.9 Å². The molecule has 3 N–H and O–H groups in total. The third-order valence-corrected chi connectivity index (χ3v) is 9.22. The van der Waals surface area contributed by atoms with Gasteiger partial charge in [0.1, 0.15) is 5.82 Å². The Morgan fingerprint density at radius 2 is 1.74 bits per heavy atom. The molecule has 0 amide bonds. The predicted octanol–water partition coefficient (Wildman–Crippen LogP) is 5.04. The Hall–Kier alpha value is -2.34. The van der Waals surface area contributed by atoms with Gasteiger partial charge in [-0.3, -0.25) is 0 Å². The van der Waals surface area contributed by atoms with Crippen molar-refractivity contribution in [1.82, 2.24) is 9.97 Å². The molecule has 34 heavy (non-hydrogen) atoms. The van der Waals surface area contributed by atoms with E-state index in [-0.39, 0.29) is 10.9 Å². The minimum atomic E-state index is -3.74. The minimum Gasteiger partial charge on any atom is -0.388 e. The summed E-state index contributed by atoms with van der Waals surface area (Å²) < 4.78 is 30.0. The van der Waals surface area contributed by atoms with Gasteiger partial charge in [-0.1, -0.05) is 28.4 Å². The van der Waals surface area contributed by atoms with Crippen molar-refractivity contribution < 1.29 is 13.5 Å². The van der Waals surface area contributed by atoms with E-state index in [0.29, 0.717) is 16.2 Å². The van der Waals surface area contributed by atoms with Crippen LogP contribution in [0, 0.1) is 6.92 Å². The Kier molecular flexibility index (Phi) is 8.12. The number of halogens is 1. The fraction of sp³-hybridized carbons (Fsp3) is 0.304. The minimum absolute atomic E-state index is 0.187. The first-order valence-corrected chi connectivity index (χ1v) is 14.3. The van der Waals surface area contributed by atoms with Crippen LogP contribution in [0.1, 0.15) is 26.3 Å². The number of nitrogens with one attached hydrogen (secondary N) is 2. The maximum atomic E-state index is 12.6. The molecular weight excluding hydrogens is 538 g/mol. The molecule has 0 aliphatic carbocycles. The molecule has 0 saturated heterocycles. The summed E-state index contributed by atoms with van der Waals surface area (Å²) in [4.78, 5) is 9.74. The summed E-state index contributed by atoms with van der Waals surface area (Å²) in [6.45, 7) is 7.22. The molecule has 3 rings (SSSR count). The number of hydrogen-bond donors (Lipinski definition) is 3. The Balaban J connectivity index is 1.75. The van der Waals surface area contributed by atoms with E-state index in [0.717, 1.165) is 16.1 Å². The van der Waals surface area contributed by atoms with Crippen LogP contribution in [0.5, 0.6) is 0 Å². The van der Waals surface area contributed by atoms with Crippen molar-refractivity contribution >= 4 is 54.1 Å². The van der Waals surface area contributed by atoms with Gasteiger partial charge in [-0.2, -0.15) is 13.4 Å². The van der Waals surface area contributed by atoms with Crippen LogP contribution in [0.2, 0.25) is 0 Å². The molecule has 3 aromatic rings. The van der Waals surface area contributed by atoms with Crippen molar-refractivity contribution in [3.8, 4) is 0 Å². The molecule has 0 saturated carbocycles. The van der Waals surface area contributed by atoms with Gasteiger partial charge in [0, 0.05) is 16.8 Å². The summed E-state index contributed by atoms with van der Waals surface area (Å²) in [5, 5.41) is 16.5. The lowest BCUT2D eigenvalue weighted by Crippen LogP contribution is -2.39. The molecule has 0 unspecified atom stereocenters. The first-order chi connectivity index (χ1) is 15.8. The number of hydrogen-bond acceptors (Lipinski definition) is 7. The summed E-state index contributed by atoms with van der Waals surface area (Å²) in [6, 6.07) is 13.7. The summed E-state index contributed by atoms with van der Waals surface area (Å²) in [5.41, 5.74) is 0.802. The van der Waals surface area contributed by atoms with E-state index < -0.39 is 26.3 Å². The van der Waals surface area contributed by atoms with E-state index in [1.165, 1.54) is 0 Å². The number of anilines is 3. The van der Waals surface area contributed by atoms with E-state index in [2.05, 4.69) is 40.3 Å². The van der Waals surface area contributed by atoms with E-state index >= 15 is 0 Å². The summed E-state index contributed by atoms with van der Waals surface area (Å²) in [6.07, 6.45) is 3.40. The Morgan fingerprint density at radius 1 is 1.12 bits per heavy atom. The van der Waals surface area contributed by atoms with Gasteiger partial charge in [0.2, 0.25) is 5.95 Å². The van der Waals surface area contributed by atoms with Gasteiger partial charge in [-0.05, 0) is 86.3 Å². The maximum Gasteiger partial charge on any atom is 0.288 e. The van der Waals surface area contributed by atoms with E-state index in [4.69, 9.17) is 0 Å². The van der Waals surface area contributed by atoms with Crippen LogP contribution in [0.3, 0.4) is 0 Å². The predicted molar refractivity (Wildman–Crippen MR) is 141 cm³/mol. The van der Waals surface area contributed by atoms with Crippen LogP contribution in [0.25, 0.3) is 0 Å². The van der Waals surface area contributed by atoms with Crippen molar-refractivity contribution in [2.45, 2.75) is 49.1 Å². The zero-order valence-electron chi connectivity index (χ0n) is 19.6. The molecule has 0 bridgehead atoms. The van der Waals surface area contributed by atoms with Crippen LogP contribution in [0.4, 0.5) is 17.5 Å². The lowest BCUT2D eigenvalue weighted by atomic mass is 10.0. The molecule has 0 radical (unpaired) electrons. The van der Waals surface area contributed by atoms with Crippen LogP contribution in [-0.4, -0.2) is 41.4 Å². The molecular formula is C23H28BrN5O3S2. The summed E-state index contributed by atoms with van der Waals surface area (Å²) >= 11 is 3.43. The van der Waals surface area contributed by atoms with Gasteiger partial charge < -0.3 is 15.7 Å². The van der Waals surface area contributed by atoms with Crippen LogP contribution < -0.4 is 10.6 Å². The van der Waals surface area contributed by atoms with Gasteiger partial charge in [0.05, 0.1) is 21.0 Å². The average molecular weight is 567 g/mol. The third-order valence-electron chi connectivity index (χ3n) is 5.14. The van der Waals surface area contributed by atoms with Crippen molar-refractivity contribution in [2.24, 2.45) is 3.77 Å². The second-order valence-corrected chi connectivity index (χ2v) is 12.7. The average Bonchev–Trinajstić information content (AvgIpc) is 2.76. The number of aryl methyl sites for hydroxylation is 1. The second-order valence-electron chi connectivity index (χ2n) is 8.40. The zero-order valence-corrected chi connectivity index (χ0v) is 22.8. The maximum absolute atomic E-state index is 12.6. The molecule has 0 spiro atoms. The standard InChI is InChI=1S/C23H28BrN5O3S2/c1-15-6-12-19(13-7-15)34(31,32)29-33(5)18-10-8-17(9-11-18)27-22-25-14-20(24)21(28-22)26-16(2)23(3,4)30/h6-14,16,30H,1-5H3,(H2,25,26,27,28)/t16-,33+/m1/s1. The molecule has 11 heteroatoms. The number of aromatic nitrogens is 2. The van der Waals surface area contributed by atoms with Crippen molar-refractivity contribution in [3.05, 3.63) is 64.8 Å². The Morgan fingerprint density at radius 3 is 2.32 bits per heavy atom. The van der Waals surface area contributed by atoms with Gasteiger partial charge in [0.25, 0.3) is 10.0 Å². The highest BCUT2D eigenvalue weighted by molar-refractivity contribution is 9.10. The van der Waals surface area contributed by atoms with Crippen molar-refractivity contribution in [2.75, 3.05) is 16.9 Å². The van der Waals surface area contributed by atoms with E-state index in [9.17, 15) is 13.5 Å². The monoisotopic (exact) mass is 565 g/mol. The van der Waals surface area contributed by atoms with Crippen LogP contribution in [-0.2, 0) is 20.7 Å². The number of benzene rings is 2. The summed E-state index contributed by atoms with van der Waals surface area (Å²) in [7, 11) is -4.59. The normalized spacial score (nSPS) is 14.0. The fourth-order valence-corrected chi connectivity index (χ4v) is 5.90. The van der Waals surface area contributed by atoms with Crippen molar-refractivity contribution in [3.63, 3.8) is 0 Å². The highest BCUT2D eigenvalue weighted by Crippen LogP contribution is 2.25. The molecule has 2 atom stereocenters.